The van der Waals surface area contributed by atoms with E-state index in [9.17, 15) is 15.0 Å². The van der Waals surface area contributed by atoms with E-state index in [0.717, 1.165) is 51.7 Å². The van der Waals surface area contributed by atoms with Gasteiger partial charge in [0, 0.05) is 31.2 Å². The molecule has 3 rings (SSSR count). The Labute approximate surface area is 150 Å². The summed E-state index contributed by atoms with van der Waals surface area (Å²) in [5.74, 6) is 0.597. The number of rotatable bonds is 6. The second kappa shape index (κ2) is 8.79. The molecule has 1 aliphatic carbocycles. The van der Waals surface area contributed by atoms with Crippen molar-refractivity contribution >= 4 is 5.91 Å². The van der Waals surface area contributed by atoms with Crippen molar-refractivity contribution < 1.29 is 15.0 Å². The molecule has 5 heteroatoms. The molecule has 3 N–H and O–H groups in total. The van der Waals surface area contributed by atoms with Crippen LogP contribution < -0.4 is 5.32 Å². The molecule has 2 aliphatic rings. The largest absolute Gasteiger partial charge is 0.396 e. The van der Waals surface area contributed by atoms with Crippen LogP contribution in [0.25, 0.3) is 0 Å². The first kappa shape index (κ1) is 18.4. The van der Waals surface area contributed by atoms with Gasteiger partial charge in [0.15, 0.2) is 0 Å². The van der Waals surface area contributed by atoms with Crippen molar-refractivity contribution in [1.82, 2.24) is 10.2 Å². The van der Waals surface area contributed by atoms with Gasteiger partial charge < -0.3 is 15.5 Å². The predicted octanol–water partition coefficient (Wildman–Crippen LogP) is 1.78. The first-order chi connectivity index (χ1) is 12.2. The van der Waals surface area contributed by atoms with Crippen LogP contribution in [0.2, 0.25) is 0 Å². The van der Waals surface area contributed by atoms with Crippen LogP contribution in [0.3, 0.4) is 0 Å². The summed E-state index contributed by atoms with van der Waals surface area (Å²) in [7, 11) is 0. The number of likely N-dealkylation sites (tertiary alicyclic amines) is 1. The highest BCUT2D eigenvalue weighted by atomic mass is 16.3. The minimum atomic E-state index is -0.266. The lowest BCUT2D eigenvalue weighted by Gasteiger charge is -2.31. The van der Waals surface area contributed by atoms with Crippen molar-refractivity contribution in [2.24, 2.45) is 11.8 Å². The van der Waals surface area contributed by atoms with E-state index in [0.29, 0.717) is 24.6 Å². The van der Waals surface area contributed by atoms with Gasteiger partial charge in [0.05, 0.1) is 6.10 Å². The summed E-state index contributed by atoms with van der Waals surface area (Å²) < 4.78 is 0. The number of piperidine rings is 1. The smallest absolute Gasteiger partial charge is 0.251 e. The normalized spacial score (nSPS) is 25.2. The summed E-state index contributed by atoms with van der Waals surface area (Å²) in [6.07, 6.45) is 4.75. The molecule has 0 spiro atoms. The Balaban J connectivity index is 1.45. The van der Waals surface area contributed by atoms with Crippen LogP contribution in [0, 0.1) is 11.8 Å². The van der Waals surface area contributed by atoms with Crippen LogP contribution >= 0.6 is 0 Å². The summed E-state index contributed by atoms with van der Waals surface area (Å²) >= 11 is 0. The average Bonchev–Trinajstić information content (AvgIpc) is 3.06. The van der Waals surface area contributed by atoms with E-state index in [4.69, 9.17) is 0 Å². The Hall–Kier alpha value is -1.43. The third-order valence-electron chi connectivity index (χ3n) is 5.73. The number of benzene rings is 1. The summed E-state index contributed by atoms with van der Waals surface area (Å²) in [6, 6.07) is 7.82. The van der Waals surface area contributed by atoms with E-state index in [1.807, 2.05) is 24.3 Å². The zero-order valence-electron chi connectivity index (χ0n) is 14.9. The van der Waals surface area contributed by atoms with Crippen molar-refractivity contribution in [1.29, 1.82) is 0 Å². The Bertz CT molecular complexity index is 553. The van der Waals surface area contributed by atoms with Crippen molar-refractivity contribution in [3.05, 3.63) is 35.4 Å². The fourth-order valence-corrected chi connectivity index (χ4v) is 3.93. The van der Waals surface area contributed by atoms with Gasteiger partial charge in [-0.15, -0.1) is 0 Å². The number of aliphatic hydroxyl groups is 2. The summed E-state index contributed by atoms with van der Waals surface area (Å²) in [5, 5.41) is 22.0. The van der Waals surface area contributed by atoms with Gasteiger partial charge >= 0.3 is 0 Å². The molecule has 2 fully saturated rings. The van der Waals surface area contributed by atoms with Gasteiger partial charge in [-0.1, -0.05) is 18.6 Å². The second-order valence-corrected chi connectivity index (χ2v) is 7.57. The third-order valence-corrected chi connectivity index (χ3v) is 5.73. The predicted molar refractivity (Wildman–Crippen MR) is 97.2 cm³/mol. The summed E-state index contributed by atoms with van der Waals surface area (Å²) in [6.45, 7) is 3.81. The molecule has 0 radical (unpaired) electrons. The Kier molecular flexibility index (Phi) is 6.45. The number of hydrogen-bond donors (Lipinski definition) is 3. The van der Waals surface area contributed by atoms with Gasteiger partial charge in [-0.3, -0.25) is 9.69 Å². The lowest BCUT2D eigenvalue weighted by Crippen LogP contribution is -2.34. The third kappa shape index (κ3) is 5.03. The van der Waals surface area contributed by atoms with Crippen molar-refractivity contribution in [3.8, 4) is 0 Å². The molecule has 138 valence electrons. The van der Waals surface area contributed by atoms with E-state index < -0.39 is 0 Å². The van der Waals surface area contributed by atoms with E-state index in [2.05, 4.69) is 10.2 Å². The monoisotopic (exact) mass is 346 g/mol. The van der Waals surface area contributed by atoms with E-state index in [1.54, 1.807) is 0 Å². The summed E-state index contributed by atoms with van der Waals surface area (Å²) in [4.78, 5) is 14.7. The molecule has 1 saturated carbocycles. The van der Waals surface area contributed by atoms with E-state index in [-0.39, 0.29) is 17.9 Å². The Morgan fingerprint density at radius 2 is 1.84 bits per heavy atom. The van der Waals surface area contributed by atoms with Crippen LogP contribution in [0.1, 0.15) is 48.0 Å². The SMILES string of the molecule is O=C(NCC1CCCC1O)c1ccc(CN2CCC(CO)CC2)cc1. The van der Waals surface area contributed by atoms with Crippen LogP contribution in [0.15, 0.2) is 24.3 Å². The minimum Gasteiger partial charge on any atom is -0.396 e. The zero-order chi connectivity index (χ0) is 17.6. The minimum absolute atomic E-state index is 0.0607. The standard InChI is InChI=1S/C20H30N2O3/c23-14-16-8-10-22(11-9-16)13-15-4-6-17(7-5-15)20(25)21-12-18-2-1-3-19(18)24/h4-7,16,18-19,23-24H,1-3,8-14H2,(H,21,25). The number of nitrogens with zero attached hydrogens (tertiary/aromatic N) is 1. The van der Waals surface area contributed by atoms with Gasteiger partial charge in [0.1, 0.15) is 0 Å². The average molecular weight is 346 g/mol. The molecule has 1 aliphatic heterocycles. The maximum Gasteiger partial charge on any atom is 0.251 e. The number of nitrogens with one attached hydrogen (secondary N) is 1. The van der Waals surface area contributed by atoms with Gasteiger partial charge in [0.25, 0.3) is 5.91 Å². The fraction of sp³-hybridized carbons (Fsp3) is 0.650. The number of amides is 1. The Morgan fingerprint density at radius 1 is 1.12 bits per heavy atom. The molecule has 1 saturated heterocycles. The molecular weight excluding hydrogens is 316 g/mol. The molecule has 2 atom stereocenters. The molecule has 0 aromatic heterocycles. The van der Waals surface area contributed by atoms with Crippen molar-refractivity contribution in [2.45, 2.75) is 44.8 Å². The first-order valence-corrected chi connectivity index (χ1v) is 9.54. The lowest BCUT2D eigenvalue weighted by molar-refractivity contribution is 0.0916. The van der Waals surface area contributed by atoms with Gasteiger partial charge in [-0.25, -0.2) is 0 Å². The molecule has 1 heterocycles. The number of aliphatic hydroxyl groups excluding tert-OH is 2. The molecule has 1 aromatic carbocycles. The molecule has 1 amide bonds. The fourth-order valence-electron chi connectivity index (χ4n) is 3.93. The van der Waals surface area contributed by atoms with Crippen molar-refractivity contribution in [2.75, 3.05) is 26.2 Å². The van der Waals surface area contributed by atoms with Crippen LogP contribution in [-0.2, 0) is 6.54 Å². The number of carbonyl (C=O) groups is 1. The van der Waals surface area contributed by atoms with E-state index in [1.165, 1.54) is 5.56 Å². The maximum absolute atomic E-state index is 12.3. The highest BCUT2D eigenvalue weighted by molar-refractivity contribution is 5.94. The van der Waals surface area contributed by atoms with Crippen molar-refractivity contribution in [3.63, 3.8) is 0 Å². The van der Waals surface area contributed by atoms with Gasteiger partial charge in [-0.2, -0.15) is 0 Å². The molecule has 25 heavy (non-hydrogen) atoms. The molecule has 5 nitrogen and oxygen atoms in total. The zero-order valence-corrected chi connectivity index (χ0v) is 14.9. The molecule has 2 unspecified atom stereocenters. The van der Waals surface area contributed by atoms with Crippen LogP contribution in [0.5, 0.6) is 0 Å². The Morgan fingerprint density at radius 3 is 2.44 bits per heavy atom. The molecule has 1 aromatic rings. The van der Waals surface area contributed by atoms with Crippen LogP contribution in [-0.4, -0.2) is 53.4 Å². The highest BCUT2D eigenvalue weighted by Gasteiger charge is 2.25. The van der Waals surface area contributed by atoms with E-state index >= 15 is 0 Å². The first-order valence-electron chi connectivity index (χ1n) is 9.54. The topological polar surface area (TPSA) is 72.8 Å². The second-order valence-electron chi connectivity index (χ2n) is 7.57. The highest BCUT2D eigenvalue weighted by Crippen LogP contribution is 2.24. The quantitative estimate of drug-likeness (QED) is 0.734. The lowest BCUT2D eigenvalue weighted by atomic mass is 9.97. The number of hydrogen-bond acceptors (Lipinski definition) is 4. The van der Waals surface area contributed by atoms with Gasteiger partial charge in [0.2, 0.25) is 0 Å². The number of carbonyl (C=O) groups excluding carboxylic acids is 1. The molecular formula is C20H30N2O3. The van der Waals surface area contributed by atoms with Gasteiger partial charge in [-0.05, 0) is 62.4 Å². The van der Waals surface area contributed by atoms with Crippen LogP contribution in [0.4, 0.5) is 0 Å². The summed E-state index contributed by atoms with van der Waals surface area (Å²) in [5.41, 5.74) is 1.89. The molecule has 0 bridgehead atoms. The maximum atomic E-state index is 12.3.